The summed E-state index contributed by atoms with van der Waals surface area (Å²) in [5.74, 6) is -0.391. The maximum absolute atomic E-state index is 10.6. The molecule has 0 spiro atoms. The average molecular weight is 230 g/mol. The van der Waals surface area contributed by atoms with E-state index in [2.05, 4.69) is 10.2 Å². The summed E-state index contributed by atoms with van der Waals surface area (Å²) in [6.45, 7) is 3.67. The second kappa shape index (κ2) is 4.93. The van der Waals surface area contributed by atoms with Crippen molar-refractivity contribution in [3.63, 3.8) is 0 Å². The lowest BCUT2D eigenvalue weighted by Crippen LogP contribution is -2.36. The van der Waals surface area contributed by atoms with Crippen molar-refractivity contribution in [1.82, 2.24) is 10.2 Å². The number of hydrogen-bond acceptors (Lipinski definition) is 4. The van der Waals surface area contributed by atoms with Crippen molar-refractivity contribution in [1.29, 1.82) is 0 Å². The van der Waals surface area contributed by atoms with Crippen LogP contribution >= 0.6 is 11.6 Å². The molecule has 15 heavy (non-hydrogen) atoms. The summed E-state index contributed by atoms with van der Waals surface area (Å²) in [5, 5.41) is 16.5. The summed E-state index contributed by atoms with van der Waals surface area (Å²) >= 11 is 5.59. The monoisotopic (exact) mass is 229 g/mol. The molecule has 0 unspecified atom stereocenters. The molecule has 0 saturated heterocycles. The number of aliphatic carboxylic acids is 1. The number of anilines is 1. The molecule has 0 aliphatic heterocycles. The van der Waals surface area contributed by atoms with Crippen LogP contribution in [-0.2, 0) is 4.79 Å². The normalized spacial score (nSPS) is 10.4. The largest absolute Gasteiger partial charge is 0.480 e. The molecule has 6 heteroatoms. The predicted octanol–water partition coefficient (Wildman–Crippen LogP) is 1.43. The van der Waals surface area contributed by atoms with Crippen molar-refractivity contribution in [2.75, 3.05) is 11.4 Å². The lowest BCUT2D eigenvalue weighted by Gasteiger charge is -2.25. The van der Waals surface area contributed by atoms with Gasteiger partial charge >= 0.3 is 5.97 Å². The molecule has 1 N–H and O–H groups in total. The van der Waals surface area contributed by atoms with Gasteiger partial charge in [0.25, 0.3) is 0 Å². The van der Waals surface area contributed by atoms with Crippen LogP contribution in [0.25, 0.3) is 0 Å². The van der Waals surface area contributed by atoms with E-state index in [0.29, 0.717) is 5.82 Å². The molecule has 1 rings (SSSR count). The van der Waals surface area contributed by atoms with E-state index in [1.54, 1.807) is 17.0 Å². The van der Waals surface area contributed by atoms with E-state index >= 15 is 0 Å². The van der Waals surface area contributed by atoms with Gasteiger partial charge in [0.05, 0.1) is 0 Å². The Balaban J connectivity index is 2.88. The lowest BCUT2D eigenvalue weighted by molar-refractivity contribution is -0.135. The van der Waals surface area contributed by atoms with Gasteiger partial charge in [-0.2, -0.15) is 0 Å². The Hall–Kier alpha value is -1.36. The first kappa shape index (κ1) is 11.7. The summed E-state index contributed by atoms with van der Waals surface area (Å²) in [6, 6.07) is 3.27. The zero-order valence-corrected chi connectivity index (χ0v) is 9.27. The number of carboxylic acids is 1. The summed E-state index contributed by atoms with van der Waals surface area (Å²) in [7, 11) is 0. The van der Waals surface area contributed by atoms with Crippen molar-refractivity contribution < 1.29 is 9.90 Å². The molecule has 1 aromatic heterocycles. The van der Waals surface area contributed by atoms with Crippen LogP contribution < -0.4 is 4.90 Å². The summed E-state index contributed by atoms with van der Waals surface area (Å²) < 4.78 is 0. The topological polar surface area (TPSA) is 66.3 Å². The number of rotatable bonds is 4. The lowest BCUT2D eigenvalue weighted by atomic mass is 10.3. The molecule has 0 aliphatic carbocycles. The molecular formula is C9H12ClN3O2. The van der Waals surface area contributed by atoms with Gasteiger partial charge in [-0.05, 0) is 26.0 Å². The molecule has 0 aromatic carbocycles. The summed E-state index contributed by atoms with van der Waals surface area (Å²) in [6.07, 6.45) is 0. The van der Waals surface area contributed by atoms with E-state index in [4.69, 9.17) is 16.7 Å². The summed E-state index contributed by atoms with van der Waals surface area (Å²) in [5.41, 5.74) is 0. The Morgan fingerprint density at radius 2 is 2.20 bits per heavy atom. The number of nitrogens with zero attached hydrogens (tertiary/aromatic N) is 3. The molecular weight excluding hydrogens is 218 g/mol. The first-order chi connectivity index (χ1) is 7.00. The van der Waals surface area contributed by atoms with Crippen LogP contribution in [0.3, 0.4) is 0 Å². The second-order valence-corrected chi connectivity index (χ2v) is 3.72. The number of aromatic nitrogens is 2. The van der Waals surface area contributed by atoms with E-state index in [0.717, 1.165) is 0 Å². The average Bonchev–Trinajstić information content (AvgIpc) is 2.15. The van der Waals surface area contributed by atoms with Crippen molar-refractivity contribution in [2.45, 2.75) is 19.9 Å². The number of carboxylic acid groups (broad SMARTS) is 1. The molecule has 0 atom stereocenters. The quantitative estimate of drug-likeness (QED) is 0.846. The first-order valence-electron chi connectivity index (χ1n) is 4.48. The Bertz CT molecular complexity index is 340. The van der Waals surface area contributed by atoms with Crippen LogP contribution in [0.2, 0.25) is 5.15 Å². The van der Waals surface area contributed by atoms with Crippen LogP contribution in [-0.4, -0.2) is 33.9 Å². The molecule has 1 heterocycles. The third kappa shape index (κ3) is 3.36. The van der Waals surface area contributed by atoms with Crippen molar-refractivity contribution in [3.8, 4) is 0 Å². The molecule has 5 nitrogen and oxygen atoms in total. The van der Waals surface area contributed by atoms with E-state index in [1.807, 2.05) is 13.8 Å². The van der Waals surface area contributed by atoms with E-state index in [1.165, 1.54) is 0 Å². The Kier molecular flexibility index (Phi) is 3.85. The minimum Gasteiger partial charge on any atom is -0.480 e. The highest BCUT2D eigenvalue weighted by atomic mass is 35.5. The van der Waals surface area contributed by atoms with Crippen LogP contribution in [0.4, 0.5) is 5.82 Å². The fourth-order valence-electron chi connectivity index (χ4n) is 1.14. The molecule has 0 amide bonds. The number of carbonyl (C=O) groups is 1. The van der Waals surface area contributed by atoms with Gasteiger partial charge in [-0.1, -0.05) is 11.6 Å². The van der Waals surface area contributed by atoms with E-state index in [9.17, 15) is 4.79 Å². The highest BCUT2D eigenvalue weighted by molar-refractivity contribution is 6.29. The number of halogens is 1. The Morgan fingerprint density at radius 1 is 1.53 bits per heavy atom. The highest BCUT2D eigenvalue weighted by Gasteiger charge is 2.15. The zero-order valence-electron chi connectivity index (χ0n) is 8.51. The highest BCUT2D eigenvalue weighted by Crippen LogP contribution is 2.14. The van der Waals surface area contributed by atoms with Gasteiger partial charge in [0, 0.05) is 6.04 Å². The third-order valence-corrected chi connectivity index (χ3v) is 2.04. The van der Waals surface area contributed by atoms with Crippen LogP contribution in [0, 0.1) is 0 Å². The third-order valence-electron chi connectivity index (χ3n) is 1.84. The minimum atomic E-state index is -0.902. The summed E-state index contributed by atoms with van der Waals surface area (Å²) in [4.78, 5) is 12.3. The minimum absolute atomic E-state index is 0.0385. The van der Waals surface area contributed by atoms with Gasteiger partial charge in [0.1, 0.15) is 6.54 Å². The molecule has 82 valence electrons. The Morgan fingerprint density at radius 3 is 2.60 bits per heavy atom. The van der Waals surface area contributed by atoms with Gasteiger partial charge in [-0.25, -0.2) is 0 Å². The fraction of sp³-hybridized carbons (Fsp3) is 0.444. The molecule has 0 aliphatic rings. The Labute approximate surface area is 92.7 Å². The second-order valence-electron chi connectivity index (χ2n) is 3.33. The van der Waals surface area contributed by atoms with E-state index in [-0.39, 0.29) is 17.7 Å². The number of hydrogen-bond donors (Lipinski definition) is 1. The smallest absolute Gasteiger partial charge is 0.323 e. The molecule has 1 aromatic rings. The standard InChI is InChI=1S/C9H12ClN3O2/c1-6(2)13(5-9(14)15)8-4-3-7(10)11-12-8/h3-4,6H,5H2,1-2H3,(H,14,15). The molecule has 0 radical (unpaired) electrons. The molecule has 0 saturated carbocycles. The van der Waals surface area contributed by atoms with Crippen LogP contribution in [0.1, 0.15) is 13.8 Å². The van der Waals surface area contributed by atoms with Gasteiger partial charge < -0.3 is 10.0 Å². The van der Waals surface area contributed by atoms with Gasteiger partial charge in [-0.15, -0.1) is 10.2 Å². The van der Waals surface area contributed by atoms with Crippen molar-refractivity contribution >= 4 is 23.4 Å². The van der Waals surface area contributed by atoms with Crippen molar-refractivity contribution in [2.24, 2.45) is 0 Å². The van der Waals surface area contributed by atoms with Crippen molar-refractivity contribution in [3.05, 3.63) is 17.3 Å². The molecule has 0 bridgehead atoms. The van der Waals surface area contributed by atoms with Gasteiger partial charge in [-0.3, -0.25) is 4.79 Å². The van der Waals surface area contributed by atoms with Gasteiger partial charge in [0.2, 0.25) is 0 Å². The SMILES string of the molecule is CC(C)N(CC(=O)O)c1ccc(Cl)nn1. The van der Waals surface area contributed by atoms with Crippen LogP contribution in [0.5, 0.6) is 0 Å². The fourth-order valence-corrected chi connectivity index (χ4v) is 1.24. The predicted molar refractivity (Wildman–Crippen MR) is 57.2 cm³/mol. The maximum atomic E-state index is 10.6. The molecule has 0 fully saturated rings. The van der Waals surface area contributed by atoms with Crippen LogP contribution in [0.15, 0.2) is 12.1 Å². The maximum Gasteiger partial charge on any atom is 0.323 e. The zero-order chi connectivity index (χ0) is 11.4. The first-order valence-corrected chi connectivity index (χ1v) is 4.86. The van der Waals surface area contributed by atoms with Gasteiger partial charge in [0.15, 0.2) is 11.0 Å². The van der Waals surface area contributed by atoms with E-state index < -0.39 is 5.97 Å².